The summed E-state index contributed by atoms with van der Waals surface area (Å²) in [7, 11) is 1.62. The monoisotopic (exact) mass is 245 g/mol. The number of hydrogen-bond donors (Lipinski definition) is 1. The molecule has 1 heterocycles. The lowest BCUT2D eigenvalue weighted by atomic mass is 10.2. The standard InChI is InChI=1S/C13H11NO4/c1-14(12(15)10-6-7-18-8-10)11-4-2-9(3-5-11)13(16)17/h2-8H,1H3,(H,16,17). The normalized spacial score (nSPS) is 10.1. The zero-order valence-corrected chi connectivity index (χ0v) is 9.66. The highest BCUT2D eigenvalue weighted by molar-refractivity contribution is 6.05. The summed E-state index contributed by atoms with van der Waals surface area (Å²) in [6.07, 6.45) is 2.79. The lowest BCUT2D eigenvalue weighted by Gasteiger charge is -2.16. The zero-order chi connectivity index (χ0) is 13.1. The summed E-state index contributed by atoms with van der Waals surface area (Å²) >= 11 is 0. The van der Waals surface area contributed by atoms with Gasteiger partial charge in [0, 0.05) is 12.7 Å². The Labute approximate surface area is 103 Å². The number of carbonyl (C=O) groups is 2. The molecule has 0 atom stereocenters. The zero-order valence-electron chi connectivity index (χ0n) is 9.66. The fourth-order valence-electron chi connectivity index (χ4n) is 1.52. The predicted molar refractivity (Wildman–Crippen MR) is 64.8 cm³/mol. The topological polar surface area (TPSA) is 70.8 Å². The van der Waals surface area contributed by atoms with Crippen LogP contribution in [0.15, 0.2) is 47.3 Å². The van der Waals surface area contributed by atoms with E-state index in [1.165, 1.54) is 29.6 Å². The van der Waals surface area contributed by atoms with Crippen molar-refractivity contribution in [3.8, 4) is 0 Å². The van der Waals surface area contributed by atoms with Gasteiger partial charge in [-0.15, -0.1) is 0 Å². The van der Waals surface area contributed by atoms with Crippen LogP contribution >= 0.6 is 0 Å². The molecule has 0 unspecified atom stereocenters. The van der Waals surface area contributed by atoms with Gasteiger partial charge in [-0.3, -0.25) is 4.79 Å². The first-order chi connectivity index (χ1) is 8.59. The molecule has 0 saturated heterocycles. The van der Waals surface area contributed by atoms with E-state index in [1.54, 1.807) is 25.2 Å². The van der Waals surface area contributed by atoms with Crippen molar-refractivity contribution in [2.45, 2.75) is 0 Å². The molecule has 2 aromatic rings. The Bertz CT molecular complexity index is 557. The van der Waals surface area contributed by atoms with E-state index in [-0.39, 0.29) is 11.5 Å². The van der Waals surface area contributed by atoms with E-state index in [1.807, 2.05) is 0 Å². The van der Waals surface area contributed by atoms with Gasteiger partial charge in [0.2, 0.25) is 0 Å². The molecule has 1 amide bonds. The van der Waals surface area contributed by atoms with Crippen molar-refractivity contribution >= 4 is 17.6 Å². The Balaban J connectivity index is 2.21. The number of rotatable bonds is 3. The summed E-state index contributed by atoms with van der Waals surface area (Å²) in [6, 6.07) is 7.65. The first-order valence-electron chi connectivity index (χ1n) is 5.23. The average Bonchev–Trinajstić information content (AvgIpc) is 2.91. The molecule has 5 nitrogen and oxygen atoms in total. The van der Waals surface area contributed by atoms with Crippen molar-refractivity contribution < 1.29 is 19.1 Å². The van der Waals surface area contributed by atoms with Crippen molar-refractivity contribution in [1.82, 2.24) is 0 Å². The van der Waals surface area contributed by atoms with Crippen LogP contribution in [0.4, 0.5) is 5.69 Å². The van der Waals surface area contributed by atoms with Crippen LogP contribution in [0.3, 0.4) is 0 Å². The molecular formula is C13H11NO4. The Hall–Kier alpha value is -2.56. The van der Waals surface area contributed by atoms with Gasteiger partial charge in [-0.25, -0.2) is 4.79 Å². The van der Waals surface area contributed by atoms with Gasteiger partial charge in [-0.05, 0) is 30.3 Å². The van der Waals surface area contributed by atoms with Crippen molar-refractivity contribution in [3.63, 3.8) is 0 Å². The maximum atomic E-state index is 12.0. The Morgan fingerprint density at radius 1 is 1.11 bits per heavy atom. The number of benzene rings is 1. The summed E-state index contributed by atoms with van der Waals surface area (Å²) in [6.45, 7) is 0. The highest BCUT2D eigenvalue weighted by Gasteiger charge is 2.14. The van der Waals surface area contributed by atoms with E-state index in [4.69, 9.17) is 9.52 Å². The Morgan fingerprint density at radius 2 is 1.78 bits per heavy atom. The van der Waals surface area contributed by atoms with Crippen molar-refractivity contribution in [3.05, 3.63) is 54.0 Å². The van der Waals surface area contributed by atoms with Crippen molar-refractivity contribution in [2.75, 3.05) is 11.9 Å². The van der Waals surface area contributed by atoms with Crippen molar-refractivity contribution in [1.29, 1.82) is 0 Å². The quantitative estimate of drug-likeness (QED) is 0.900. The number of carboxylic acid groups (broad SMARTS) is 1. The van der Waals surface area contributed by atoms with E-state index >= 15 is 0 Å². The second-order valence-corrected chi connectivity index (χ2v) is 3.73. The fraction of sp³-hybridized carbons (Fsp3) is 0.0769. The molecule has 0 radical (unpaired) electrons. The third-order valence-corrected chi connectivity index (χ3v) is 2.57. The fourth-order valence-corrected chi connectivity index (χ4v) is 1.52. The summed E-state index contributed by atoms with van der Waals surface area (Å²) in [5.74, 6) is -1.21. The van der Waals surface area contributed by atoms with E-state index < -0.39 is 5.97 Å². The second-order valence-electron chi connectivity index (χ2n) is 3.73. The third kappa shape index (κ3) is 2.24. The van der Waals surface area contributed by atoms with Crippen LogP contribution < -0.4 is 4.90 Å². The molecule has 0 bridgehead atoms. The lowest BCUT2D eigenvalue weighted by molar-refractivity contribution is 0.0696. The predicted octanol–water partition coefficient (Wildman–Crippen LogP) is 2.25. The highest BCUT2D eigenvalue weighted by atomic mass is 16.4. The van der Waals surface area contributed by atoms with Gasteiger partial charge in [0.25, 0.3) is 5.91 Å². The highest BCUT2D eigenvalue weighted by Crippen LogP contribution is 2.16. The largest absolute Gasteiger partial charge is 0.478 e. The molecule has 0 saturated carbocycles. The van der Waals surface area contributed by atoms with Gasteiger partial charge in [0.05, 0.1) is 17.4 Å². The first-order valence-corrected chi connectivity index (χ1v) is 5.23. The van der Waals surface area contributed by atoms with Gasteiger partial charge in [-0.2, -0.15) is 0 Å². The molecular weight excluding hydrogens is 234 g/mol. The summed E-state index contributed by atoms with van der Waals surface area (Å²) in [4.78, 5) is 24.1. The van der Waals surface area contributed by atoms with Crippen LogP contribution in [0.25, 0.3) is 0 Å². The smallest absolute Gasteiger partial charge is 0.335 e. The van der Waals surface area contributed by atoms with Gasteiger partial charge < -0.3 is 14.4 Å². The lowest BCUT2D eigenvalue weighted by Crippen LogP contribution is -2.25. The molecule has 92 valence electrons. The van der Waals surface area contributed by atoms with Crippen LogP contribution in [0.2, 0.25) is 0 Å². The van der Waals surface area contributed by atoms with Gasteiger partial charge in [-0.1, -0.05) is 0 Å². The maximum Gasteiger partial charge on any atom is 0.335 e. The minimum absolute atomic E-state index is 0.183. The van der Waals surface area contributed by atoms with E-state index in [0.717, 1.165) is 0 Å². The third-order valence-electron chi connectivity index (χ3n) is 2.57. The molecule has 1 aromatic heterocycles. The first kappa shape index (κ1) is 11.9. The molecule has 1 N–H and O–H groups in total. The molecule has 1 aromatic carbocycles. The molecule has 0 fully saturated rings. The van der Waals surface area contributed by atoms with Crippen LogP contribution in [0.1, 0.15) is 20.7 Å². The Kier molecular flexibility index (Phi) is 3.14. The minimum atomic E-state index is -0.995. The van der Waals surface area contributed by atoms with Crippen LogP contribution in [-0.4, -0.2) is 24.0 Å². The van der Waals surface area contributed by atoms with Crippen LogP contribution in [0.5, 0.6) is 0 Å². The molecule has 2 rings (SSSR count). The molecule has 0 spiro atoms. The average molecular weight is 245 g/mol. The van der Waals surface area contributed by atoms with Crippen LogP contribution in [0, 0.1) is 0 Å². The molecule has 5 heteroatoms. The SMILES string of the molecule is CN(C(=O)c1ccoc1)c1ccc(C(=O)O)cc1. The number of amides is 1. The molecule has 0 aliphatic rings. The molecule has 0 aliphatic heterocycles. The Morgan fingerprint density at radius 3 is 2.28 bits per heavy atom. The van der Waals surface area contributed by atoms with Crippen molar-refractivity contribution in [2.24, 2.45) is 0 Å². The van der Waals surface area contributed by atoms with E-state index in [9.17, 15) is 9.59 Å². The summed E-state index contributed by atoms with van der Waals surface area (Å²) in [5, 5.41) is 8.78. The number of aromatic carboxylic acids is 1. The number of hydrogen-bond acceptors (Lipinski definition) is 3. The number of carbonyl (C=O) groups excluding carboxylic acids is 1. The van der Waals surface area contributed by atoms with E-state index in [2.05, 4.69) is 0 Å². The second kappa shape index (κ2) is 4.75. The van der Waals surface area contributed by atoms with Gasteiger partial charge in [0.1, 0.15) is 6.26 Å². The number of carboxylic acids is 1. The maximum absolute atomic E-state index is 12.0. The number of anilines is 1. The molecule has 0 aliphatic carbocycles. The van der Waals surface area contributed by atoms with E-state index in [0.29, 0.717) is 11.3 Å². The van der Waals surface area contributed by atoms with Gasteiger partial charge in [0.15, 0.2) is 0 Å². The van der Waals surface area contributed by atoms with Crippen LogP contribution in [-0.2, 0) is 0 Å². The minimum Gasteiger partial charge on any atom is -0.478 e. The number of nitrogens with zero attached hydrogens (tertiary/aromatic N) is 1. The molecule has 18 heavy (non-hydrogen) atoms. The summed E-state index contributed by atoms with van der Waals surface area (Å²) in [5.41, 5.74) is 1.24. The summed E-state index contributed by atoms with van der Waals surface area (Å²) < 4.78 is 4.85. The number of furan rings is 1. The van der Waals surface area contributed by atoms with Gasteiger partial charge >= 0.3 is 5.97 Å².